The molecule has 0 aliphatic carbocycles. The molecule has 0 fully saturated rings. The summed E-state index contributed by atoms with van der Waals surface area (Å²) in [4.78, 5) is 2.34. The molecule has 0 amide bonds. The lowest BCUT2D eigenvalue weighted by molar-refractivity contribution is 0.451. The molecular weight excluding hydrogens is 208 g/mol. The van der Waals surface area contributed by atoms with E-state index in [4.69, 9.17) is 5.26 Å². The van der Waals surface area contributed by atoms with Crippen molar-refractivity contribution < 1.29 is 0 Å². The second kappa shape index (κ2) is 5.72. The third-order valence-electron chi connectivity index (χ3n) is 3.15. The van der Waals surface area contributed by atoms with Gasteiger partial charge in [-0.25, -0.2) is 0 Å². The van der Waals surface area contributed by atoms with Crippen molar-refractivity contribution in [3.8, 4) is 6.07 Å². The van der Waals surface area contributed by atoms with Gasteiger partial charge in [0.1, 0.15) is 0 Å². The van der Waals surface area contributed by atoms with E-state index in [0.717, 1.165) is 19.5 Å². The Bertz CT molecular complexity index is 402. The molecule has 2 nitrogen and oxygen atoms in total. The number of aryl methyl sites for hydroxylation is 1. The average molecular weight is 230 g/mol. The predicted molar refractivity (Wildman–Crippen MR) is 73.1 cm³/mol. The van der Waals surface area contributed by atoms with Crippen molar-refractivity contribution in [3.05, 3.63) is 29.8 Å². The number of nitrogens with zero attached hydrogens (tertiary/aromatic N) is 2. The SMILES string of the molecule is CCN(CCC(C)(C)C#N)c1ccccc1C. The zero-order chi connectivity index (χ0) is 12.9. The van der Waals surface area contributed by atoms with E-state index in [-0.39, 0.29) is 5.41 Å². The van der Waals surface area contributed by atoms with Gasteiger partial charge in [-0.2, -0.15) is 5.26 Å². The monoisotopic (exact) mass is 230 g/mol. The molecule has 0 aliphatic heterocycles. The first-order valence-corrected chi connectivity index (χ1v) is 6.22. The maximum absolute atomic E-state index is 9.04. The van der Waals surface area contributed by atoms with Gasteiger partial charge in [0.25, 0.3) is 0 Å². The normalized spacial score (nSPS) is 11.0. The molecule has 0 aromatic heterocycles. The van der Waals surface area contributed by atoms with Crippen molar-refractivity contribution in [2.45, 2.75) is 34.1 Å². The Labute approximate surface area is 105 Å². The molecule has 0 bridgehead atoms. The molecule has 0 radical (unpaired) electrons. The van der Waals surface area contributed by atoms with Gasteiger partial charge >= 0.3 is 0 Å². The van der Waals surface area contributed by atoms with Crippen LogP contribution >= 0.6 is 0 Å². The lowest BCUT2D eigenvalue weighted by Crippen LogP contribution is -2.28. The summed E-state index contributed by atoms with van der Waals surface area (Å²) in [6, 6.07) is 10.8. The van der Waals surface area contributed by atoms with Gasteiger partial charge in [0, 0.05) is 18.8 Å². The molecule has 1 rings (SSSR count). The van der Waals surface area contributed by atoms with Crippen molar-refractivity contribution in [2.24, 2.45) is 5.41 Å². The van der Waals surface area contributed by atoms with Crippen LogP contribution in [0.3, 0.4) is 0 Å². The minimum absolute atomic E-state index is 0.240. The Hall–Kier alpha value is -1.49. The molecular formula is C15H22N2. The summed E-state index contributed by atoms with van der Waals surface area (Å²) < 4.78 is 0. The number of rotatable bonds is 5. The molecule has 0 heterocycles. The zero-order valence-corrected chi connectivity index (χ0v) is 11.3. The molecule has 1 aromatic carbocycles. The third-order valence-corrected chi connectivity index (χ3v) is 3.15. The van der Waals surface area contributed by atoms with Gasteiger partial charge in [-0.3, -0.25) is 0 Å². The van der Waals surface area contributed by atoms with Crippen LogP contribution in [0, 0.1) is 23.7 Å². The molecule has 0 unspecified atom stereocenters. The second-order valence-corrected chi connectivity index (χ2v) is 5.11. The maximum atomic E-state index is 9.04. The summed E-state index contributed by atoms with van der Waals surface area (Å²) in [6.07, 6.45) is 0.895. The fraction of sp³-hybridized carbons (Fsp3) is 0.533. The van der Waals surface area contributed by atoms with E-state index in [9.17, 15) is 0 Å². The van der Waals surface area contributed by atoms with Crippen molar-refractivity contribution in [3.63, 3.8) is 0 Å². The van der Waals surface area contributed by atoms with Crippen molar-refractivity contribution in [1.29, 1.82) is 5.26 Å². The van der Waals surface area contributed by atoms with Gasteiger partial charge < -0.3 is 4.90 Å². The highest BCUT2D eigenvalue weighted by atomic mass is 15.1. The summed E-state index contributed by atoms with van der Waals surface area (Å²) in [7, 11) is 0. The van der Waals surface area contributed by atoms with Crippen LogP contribution in [0.2, 0.25) is 0 Å². The fourth-order valence-electron chi connectivity index (χ4n) is 1.84. The third kappa shape index (κ3) is 3.78. The van der Waals surface area contributed by atoms with E-state index in [1.54, 1.807) is 0 Å². The minimum atomic E-state index is -0.240. The highest BCUT2D eigenvalue weighted by Gasteiger charge is 2.18. The predicted octanol–water partition coefficient (Wildman–Crippen LogP) is 3.76. The van der Waals surface area contributed by atoms with Crippen LogP contribution in [0.4, 0.5) is 5.69 Å². The van der Waals surface area contributed by atoms with E-state index in [1.165, 1.54) is 11.3 Å². The van der Waals surface area contributed by atoms with E-state index in [2.05, 4.69) is 49.1 Å². The van der Waals surface area contributed by atoms with Crippen molar-refractivity contribution in [1.82, 2.24) is 0 Å². The summed E-state index contributed by atoms with van der Waals surface area (Å²) in [5.41, 5.74) is 2.34. The Kier molecular flexibility index (Phi) is 4.57. The molecule has 2 heteroatoms. The van der Waals surface area contributed by atoms with Gasteiger partial charge in [0.15, 0.2) is 0 Å². The number of nitriles is 1. The number of hydrogen-bond acceptors (Lipinski definition) is 2. The smallest absolute Gasteiger partial charge is 0.0684 e. The maximum Gasteiger partial charge on any atom is 0.0684 e. The van der Waals surface area contributed by atoms with Crippen LogP contribution in [0.25, 0.3) is 0 Å². The summed E-state index contributed by atoms with van der Waals surface area (Å²) in [5, 5.41) is 9.04. The van der Waals surface area contributed by atoms with Crippen LogP contribution in [-0.2, 0) is 0 Å². The first-order chi connectivity index (χ1) is 8.00. The highest BCUT2D eigenvalue weighted by molar-refractivity contribution is 5.52. The fourth-order valence-corrected chi connectivity index (χ4v) is 1.84. The Morgan fingerprint density at radius 2 is 1.94 bits per heavy atom. The molecule has 0 N–H and O–H groups in total. The molecule has 0 aliphatic rings. The lowest BCUT2D eigenvalue weighted by Gasteiger charge is -2.27. The first-order valence-electron chi connectivity index (χ1n) is 6.22. The number of hydrogen-bond donors (Lipinski definition) is 0. The van der Waals surface area contributed by atoms with Crippen LogP contribution in [0.15, 0.2) is 24.3 Å². The summed E-state index contributed by atoms with van der Waals surface area (Å²) in [6.45, 7) is 10.2. The number of para-hydroxylation sites is 1. The van der Waals surface area contributed by atoms with E-state index < -0.39 is 0 Å². The first kappa shape index (κ1) is 13.6. The van der Waals surface area contributed by atoms with E-state index in [0.29, 0.717) is 0 Å². The molecule has 1 aromatic rings. The average Bonchev–Trinajstić information content (AvgIpc) is 2.32. The molecule has 0 saturated heterocycles. The molecule has 0 atom stereocenters. The summed E-state index contributed by atoms with van der Waals surface area (Å²) in [5.74, 6) is 0. The second-order valence-electron chi connectivity index (χ2n) is 5.11. The molecule has 0 saturated carbocycles. The van der Waals surface area contributed by atoms with Gasteiger partial charge in [0.2, 0.25) is 0 Å². The minimum Gasteiger partial charge on any atom is -0.372 e. The van der Waals surface area contributed by atoms with Gasteiger partial charge in [-0.1, -0.05) is 18.2 Å². The largest absolute Gasteiger partial charge is 0.372 e. The Morgan fingerprint density at radius 1 is 1.29 bits per heavy atom. The van der Waals surface area contributed by atoms with Crippen molar-refractivity contribution >= 4 is 5.69 Å². The Morgan fingerprint density at radius 3 is 2.47 bits per heavy atom. The quantitative estimate of drug-likeness (QED) is 0.770. The number of anilines is 1. The standard InChI is InChI=1S/C15H22N2/c1-5-17(11-10-15(3,4)12-16)14-9-7-6-8-13(14)2/h6-9H,5,10-11H2,1-4H3. The van der Waals surface area contributed by atoms with Gasteiger partial charge in [0.05, 0.1) is 11.5 Å². The van der Waals surface area contributed by atoms with Crippen molar-refractivity contribution in [2.75, 3.05) is 18.0 Å². The Balaban J connectivity index is 2.74. The molecule has 17 heavy (non-hydrogen) atoms. The van der Waals surface area contributed by atoms with Crippen LogP contribution < -0.4 is 4.90 Å². The topological polar surface area (TPSA) is 27.0 Å². The van der Waals surface area contributed by atoms with Crippen LogP contribution in [0.5, 0.6) is 0 Å². The van der Waals surface area contributed by atoms with Gasteiger partial charge in [-0.05, 0) is 45.7 Å². The van der Waals surface area contributed by atoms with Crippen LogP contribution in [-0.4, -0.2) is 13.1 Å². The number of benzene rings is 1. The van der Waals surface area contributed by atoms with Crippen LogP contribution in [0.1, 0.15) is 32.8 Å². The zero-order valence-electron chi connectivity index (χ0n) is 11.3. The lowest BCUT2D eigenvalue weighted by atomic mass is 9.91. The van der Waals surface area contributed by atoms with E-state index in [1.807, 2.05) is 13.8 Å². The molecule has 92 valence electrons. The summed E-state index contributed by atoms with van der Waals surface area (Å²) >= 11 is 0. The van der Waals surface area contributed by atoms with E-state index >= 15 is 0 Å². The molecule has 0 spiro atoms. The highest BCUT2D eigenvalue weighted by Crippen LogP contribution is 2.23. The van der Waals surface area contributed by atoms with Gasteiger partial charge in [-0.15, -0.1) is 0 Å².